The Balaban J connectivity index is 2.29. The molecule has 0 saturated carbocycles. The normalized spacial score (nSPS) is 13.0. The molecule has 112 valence electrons. The highest BCUT2D eigenvalue weighted by Crippen LogP contribution is 2.26. The second kappa shape index (κ2) is 6.41. The number of halogens is 1. The van der Waals surface area contributed by atoms with Crippen LogP contribution in [0.4, 0.5) is 0 Å². The van der Waals surface area contributed by atoms with Crippen LogP contribution in [0.5, 0.6) is 0 Å². The Morgan fingerprint density at radius 3 is 2.67 bits per heavy atom. The van der Waals surface area contributed by atoms with Crippen molar-refractivity contribution in [3.63, 3.8) is 0 Å². The minimum absolute atomic E-state index is 0.00701. The number of hydrogen-bond acceptors (Lipinski definition) is 4. The predicted octanol–water partition coefficient (Wildman–Crippen LogP) is 3.08. The molecule has 1 aromatic carbocycles. The van der Waals surface area contributed by atoms with Crippen LogP contribution in [0.2, 0.25) is 5.02 Å². The lowest BCUT2D eigenvalue weighted by molar-refractivity contribution is 0.568. The Labute approximate surface area is 138 Å². The maximum atomic E-state index is 12.4. The second-order valence-electron chi connectivity index (χ2n) is 4.37. The van der Waals surface area contributed by atoms with Crippen LogP contribution in [0.15, 0.2) is 40.6 Å². The lowest BCUT2D eigenvalue weighted by Gasteiger charge is -2.14. The second-order valence-corrected chi connectivity index (χ2v) is 7.88. The average molecular weight is 361 g/mol. The van der Waals surface area contributed by atoms with Crippen LogP contribution >= 0.6 is 35.2 Å². The van der Waals surface area contributed by atoms with Gasteiger partial charge >= 0.3 is 0 Å². The van der Waals surface area contributed by atoms with E-state index >= 15 is 0 Å². The molecule has 3 N–H and O–H groups in total. The summed E-state index contributed by atoms with van der Waals surface area (Å²) in [6, 6.07) is 7.80. The first-order chi connectivity index (χ1) is 9.81. The molecule has 0 aliphatic heterocycles. The van der Waals surface area contributed by atoms with E-state index in [-0.39, 0.29) is 20.9 Å². The molecule has 0 amide bonds. The molecule has 2 rings (SSSR count). The van der Waals surface area contributed by atoms with Crippen LogP contribution in [-0.2, 0) is 10.0 Å². The van der Waals surface area contributed by atoms with E-state index in [4.69, 9.17) is 29.6 Å². The van der Waals surface area contributed by atoms with Gasteiger partial charge in [0, 0.05) is 10.4 Å². The molecule has 1 heterocycles. The summed E-state index contributed by atoms with van der Waals surface area (Å²) < 4.78 is 27.4. The van der Waals surface area contributed by atoms with E-state index < -0.39 is 10.0 Å². The minimum Gasteiger partial charge on any atom is -0.389 e. The zero-order valence-electron chi connectivity index (χ0n) is 11.0. The number of benzene rings is 1. The molecule has 0 bridgehead atoms. The Kier molecular flexibility index (Phi) is 5.00. The van der Waals surface area contributed by atoms with E-state index in [0.717, 1.165) is 4.88 Å². The van der Waals surface area contributed by atoms with Crippen molar-refractivity contribution in [3.05, 3.63) is 51.2 Å². The van der Waals surface area contributed by atoms with Crippen LogP contribution in [0.25, 0.3) is 0 Å². The maximum absolute atomic E-state index is 12.4. The SMILES string of the molecule is CC(NS(=O)(=O)c1ccc(C(N)=S)cc1Cl)c1cccs1. The summed E-state index contributed by atoms with van der Waals surface area (Å²) in [7, 11) is -3.72. The first-order valence-corrected chi connectivity index (χ1v) is 9.11. The topological polar surface area (TPSA) is 72.2 Å². The zero-order valence-corrected chi connectivity index (χ0v) is 14.2. The van der Waals surface area contributed by atoms with E-state index in [1.54, 1.807) is 13.0 Å². The lowest BCUT2D eigenvalue weighted by Crippen LogP contribution is -2.26. The van der Waals surface area contributed by atoms with Crippen molar-refractivity contribution in [2.75, 3.05) is 0 Å². The molecule has 1 atom stereocenters. The quantitative estimate of drug-likeness (QED) is 0.804. The van der Waals surface area contributed by atoms with E-state index in [2.05, 4.69) is 4.72 Å². The van der Waals surface area contributed by atoms with Gasteiger partial charge in [-0.05, 0) is 30.5 Å². The van der Waals surface area contributed by atoms with Gasteiger partial charge in [-0.2, -0.15) is 0 Å². The third-order valence-electron chi connectivity index (χ3n) is 2.81. The van der Waals surface area contributed by atoms with Gasteiger partial charge in [0.1, 0.15) is 9.88 Å². The number of sulfonamides is 1. The van der Waals surface area contributed by atoms with Crippen molar-refractivity contribution >= 4 is 50.2 Å². The minimum atomic E-state index is -3.72. The average Bonchev–Trinajstić information content (AvgIpc) is 2.91. The molecule has 21 heavy (non-hydrogen) atoms. The van der Waals surface area contributed by atoms with Gasteiger partial charge in [-0.3, -0.25) is 0 Å². The molecule has 1 aromatic heterocycles. The highest BCUT2D eigenvalue weighted by atomic mass is 35.5. The van der Waals surface area contributed by atoms with Crippen molar-refractivity contribution in [3.8, 4) is 0 Å². The van der Waals surface area contributed by atoms with Crippen LogP contribution in [0.1, 0.15) is 23.4 Å². The van der Waals surface area contributed by atoms with Gasteiger partial charge in [-0.15, -0.1) is 11.3 Å². The summed E-state index contributed by atoms with van der Waals surface area (Å²) >= 11 is 12.4. The molecular weight excluding hydrogens is 348 g/mol. The fourth-order valence-corrected chi connectivity index (χ4v) is 4.47. The predicted molar refractivity (Wildman–Crippen MR) is 90.4 cm³/mol. The smallest absolute Gasteiger partial charge is 0.242 e. The third kappa shape index (κ3) is 3.81. The molecule has 0 aliphatic carbocycles. The summed E-state index contributed by atoms with van der Waals surface area (Å²) in [5.41, 5.74) is 6.02. The largest absolute Gasteiger partial charge is 0.389 e. The van der Waals surface area contributed by atoms with Crippen LogP contribution < -0.4 is 10.5 Å². The van der Waals surface area contributed by atoms with Gasteiger partial charge in [-0.1, -0.05) is 36.0 Å². The first-order valence-electron chi connectivity index (χ1n) is 5.96. The lowest BCUT2D eigenvalue weighted by atomic mass is 10.2. The van der Waals surface area contributed by atoms with E-state index in [9.17, 15) is 8.42 Å². The Bertz CT molecular complexity index is 758. The monoisotopic (exact) mass is 360 g/mol. The number of rotatable bonds is 5. The van der Waals surface area contributed by atoms with Gasteiger partial charge in [0.25, 0.3) is 0 Å². The van der Waals surface area contributed by atoms with Crippen LogP contribution in [-0.4, -0.2) is 13.4 Å². The van der Waals surface area contributed by atoms with Crippen molar-refractivity contribution in [1.82, 2.24) is 4.72 Å². The van der Waals surface area contributed by atoms with E-state index in [1.807, 2.05) is 17.5 Å². The zero-order chi connectivity index (χ0) is 15.6. The summed E-state index contributed by atoms with van der Waals surface area (Å²) in [5, 5.41) is 1.98. The number of hydrogen-bond donors (Lipinski definition) is 2. The molecule has 0 fully saturated rings. The van der Waals surface area contributed by atoms with Gasteiger partial charge in [0.15, 0.2) is 0 Å². The molecular formula is C13H13ClN2O2S3. The molecule has 0 spiro atoms. The third-order valence-corrected chi connectivity index (χ3v) is 6.12. The van der Waals surface area contributed by atoms with Crippen molar-refractivity contribution in [2.45, 2.75) is 17.9 Å². The van der Waals surface area contributed by atoms with Crippen LogP contribution in [0.3, 0.4) is 0 Å². The van der Waals surface area contributed by atoms with Gasteiger partial charge in [0.05, 0.1) is 11.1 Å². The Morgan fingerprint density at radius 1 is 1.43 bits per heavy atom. The van der Waals surface area contributed by atoms with Crippen molar-refractivity contribution in [1.29, 1.82) is 0 Å². The standard InChI is InChI=1S/C13H13ClN2O2S3/c1-8(11-3-2-6-20-11)16-21(17,18)12-5-4-9(13(15)19)7-10(12)14/h2-8,16H,1H3,(H2,15,19). The summed E-state index contributed by atoms with van der Waals surface area (Å²) in [4.78, 5) is 1.10. The van der Waals surface area contributed by atoms with Gasteiger partial charge < -0.3 is 5.73 Å². The van der Waals surface area contributed by atoms with Crippen molar-refractivity contribution in [2.24, 2.45) is 5.73 Å². The molecule has 0 radical (unpaired) electrons. The van der Waals surface area contributed by atoms with Gasteiger partial charge in [0.2, 0.25) is 10.0 Å². The Morgan fingerprint density at radius 2 is 2.14 bits per heavy atom. The number of thiocarbonyl (C=S) groups is 1. The molecule has 1 unspecified atom stereocenters. The highest BCUT2D eigenvalue weighted by molar-refractivity contribution is 7.89. The molecule has 8 heteroatoms. The van der Waals surface area contributed by atoms with Crippen LogP contribution in [0, 0.1) is 0 Å². The fraction of sp³-hybridized carbons (Fsp3) is 0.154. The number of thiophene rings is 1. The molecule has 0 aliphatic rings. The maximum Gasteiger partial charge on any atom is 0.242 e. The molecule has 2 aromatic rings. The first kappa shape index (κ1) is 16.4. The summed E-state index contributed by atoms with van der Waals surface area (Å²) in [6.45, 7) is 1.78. The molecule has 0 saturated heterocycles. The van der Waals surface area contributed by atoms with Crippen molar-refractivity contribution < 1.29 is 8.42 Å². The summed E-state index contributed by atoms with van der Waals surface area (Å²) in [6.07, 6.45) is 0. The number of nitrogens with two attached hydrogens (primary N) is 1. The molecule has 4 nitrogen and oxygen atoms in total. The van der Waals surface area contributed by atoms with Gasteiger partial charge in [-0.25, -0.2) is 13.1 Å². The Hall–Kier alpha value is -0.990. The van der Waals surface area contributed by atoms with E-state index in [0.29, 0.717) is 5.56 Å². The summed E-state index contributed by atoms with van der Waals surface area (Å²) in [5.74, 6) is 0. The highest BCUT2D eigenvalue weighted by Gasteiger charge is 2.22. The number of nitrogens with one attached hydrogen (secondary N) is 1. The fourth-order valence-electron chi connectivity index (χ4n) is 1.76. The van der Waals surface area contributed by atoms with E-state index in [1.165, 1.54) is 23.5 Å².